The van der Waals surface area contributed by atoms with Crippen molar-refractivity contribution in [3.63, 3.8) is 0 Å². The fourth-order valence-corrected chi connectivity index (χ4v) is 3.06. The largest absolute Gasteiger partial charge is 0.307 e. The van der Waals surface area contributed by atoms with Gasteiger partial charge in [0.15, 0.2) is 0 Å². The van der Waals surface area contributed by atoms with Crippen LogP contribution >= 0.6 is 11.6 Å². The standard InChI is InChI=1S/C15H22ClN/c1-11(13-6-3-4-7-13)17-12(2)14-8-5-9-15(16)10-14/h5,8-13,17H,3-4,6-7H2,1-2H3/t11?,12-/m0/s1. The highest BCUT2D eigenvalue weighted by Crippen LogP contribution is 2.29. The van der Waals surface area contributed by atoms with Gasteiger partial charge in [0.2, 0.25) is 0 Å². The van der Waals surface area contributed by atoms with Gasteiger partial charge in [-0.15, -0.1) is 0 Å². The summed E-state index contributed by atoms with van der Waals surface area (Å²) < 4.78 is 0. The minimum absolute atomic E-state index is 0.379. The molecule has 0 radical (unpaired) electrons. The lowest BCUT2D eigenvalue weighted by atomic mass is 9.98. The van der Waals surface area contributed by atoms with Gasteiger partial charge in [0, 0.05) is 17.1 Å². The minimum atomic E-state index is 0.379. The normalized spacial score (nSPS) is 20.4. The van der Waals surface area contributed by atoms with Crippen molar-refractivity contribution < 1.29 is 0 Å². The van der Waals surface area contributed by atoms with Crippen molar-refractivity contribution in [1.29, 1.82) is 0 Å². The van der Waals surface area contributed by atoms with Crippen LogP contribution in [0.4, 0.5) is 0 Å². The van der Waals surface area contributed by atoms with Crippen molar-refractivity contribution in [3.05, 3.63) is 34.9 Å². The van der Waals surface area contributed by atoms with Gasteiger partial charge in [0.25, 0.3) is 0 Å². The molecule has 1 aromatic rings. The van der Waals surface area contributed by atoms with E-state index in [4.69, 9.17) is 11.6 Å². The van der Waals surface area contributed by atoms with E-state index < -0.39 is 0 Å². The Hall–Kier alpha value is -0.530. The Kier molecular flexibility index (Phi) is 4.47. The summed E-state index contributed by atoms with van der Waals surface area (Å²) in [6.07, 6.45) is 5.58. The van der Waals surface area contributed by atoms with Crippen molar-refractivity contribution in [2.75, 3.05) is 0 Å². The molecule has 0 amide bonds. The Bertz CT molecular complexity index is 358. The molecule has 1 nitrogen and oxygen atoms in total. The van der Waals surface area contributed by atoms with E-state index in [0.29, 0.717) is 12.1 Å². The van der Waals surface area contributed by atoms with Gasteiger partial charge < -0.3 is 5.32 Å². The smallest absolute Gasteiger partial charge is 0.0409 e. The predicted molar refractivity (Wildman–Crippen MR) is 74.4 cm³/mol. The van der Waals surface area contributed by atoms with E-state index in [9.17, 15) is 0 Å². The molecule has 1 aliphatic carbocycles. The second-order valence-electron chi connectivity index (χ2n) is 5.28. The lowest BCUT2D eigenvalue weighted by Crippen LogP contribution is -2.34. The van der Waals surface area contributed by atoms with Crippen LogP contribution in [0.15, 0.2) is 24.3 Å². The van der Waals surface area contributed by atoms with Gasteiger partial charge in [-0.1, -0.05) is 36.6 Å². The summed E-state index contributed by atoms with van der Waals surface area (Å²) in [6.45, 7) is 4.54. The highest BCUT2D eigenvalue weighted by Gasteiger charge is 2.22. The van der Waals surface area contributed by atoms with Gasteiger partial charge in [-0.2, -0.15) is 0 Å². The molecule has 0 saturated heterocycles. The fourth-order valence-electron chi connectivity index (χ4n) is 2.86. The first-order valence-corrected chi connectivity index (χ1v) is 7.06. The summed E-state index contributed by atoms with van der Waals surface area (Å²) in [5.74, 6) is 0.858. The molecule has 17 heavy (non-hydrogen) atoms. The summed E-state index contributed by atoms with van der Waals surface area (Å²) in [6, 6.07) is 9.13. The fraction of sp³-hybridized carbons (Fsp3) is 0.600. The number of nitrogens with one attached hydrogen (secondary N) is 1. The average Bonchev–Trinajstić information content (AvgIpc) is 2.82. The Morgan fingerprint density at radius 1 is 1.24 bits per heavy atom. The summed E-state index contributed by atoms with van der Waals surface area (Å²) in [7, 11) is 0. The Labute approximate surface area is 110 Å². The molecule has 1 N–H and O–H groups in total. The van der Waals surface area contributed by atoms with Crippen LogP contribution < -0.4 is 5.32 Å². The van der Waals surface area contributed by atoms with Crippen molar-refractivity contribution in [2.24, 2.45) is 5.92 Å². The van der Waals surface area contributed by atoms with Crippen LogP contribution in [0.2, 0.25) is 5.02 Å². The first kappa shape index (κ1) is 12.9. The molecule has 2 rings (SSSR count). The summed E-state index contributed by atoms with van der Waals surface area (Å²) in [5, 5.41) is 4.53. The lowest BCUT2D eigenvalue weighted by Gasteiger charge is -2.25. The highest BCUT2D eigenvalue weighted by molar-refractivity contribution is 6.30. The summed E-state index contributed by atoms with van der Waals surface area (Å²) in [5.41, 5.74) is 1.28. The first-order chi connectivity index (χ1) is 8.16. The molecular formula is C15H22ClN. The van der Waals surface area contributed by atoms with Crippen LogP contribution in [-0.4, -0.2) is 6.04 Å². The predicted octanol–water partition coefficient (Wildman–Crippen LogP) is 4.57. The number of halogens is 1. The molecule has 0 aliphatic heterocycles. The second-order valence-corrected chi connectivity index (χ2v) is 5.71. The van der Waals surface area contributed by atoms with Crippen molar-refractivity contribution in [1.82, 2.24) is 5.32 Å². The van der Waals surface area contributed by atoms with Gasteiger partial charge in [-0.25, -0.2) is 0 Å². The maximum Gasteiger partial charge on any atom is 0.0409 e. The maximum atomic E-state index is 6.02. The molecule has 0 spiro atoms. The number of hydrogen-bond acceptors (Lipinski definition) is 1. The third kappa shape index (κ3) is 3.46. The van der Waals surface area contributed by atoms with E-state index in [-0.39, 0.29) is 0 Å². The molecule has 1 aromatic carbocycles. The Morgan fingerprint density at radius 2 is 1.94 bits per heavy atom. The topological polar surface area (TPSA) is 12.0 Å². The SMILES string of the molecule is CC(N[C@@H](C)c1cccc(Cl)c1)C1CCCC1. The zero-order chi connectivity index (χ0) is 12.3. The molecule has 1 saturated carbocycles. The van der Waals surface area contributed by atoms with Gasteiger partial charge in [0.1, 0.15) is 0 Å². The van der Waals surface area contributed by atoms with Crippen LogP contribution in [0.25, 0.3) is 0 Å². The molecular weight excluding hydrogens is 230 g/mol. The van der Waals surface area contributed by atoms with E-state index in [1.54, 1.807) is 0 Å². The van der Waals surface area contributed by atoms with E-state index in [1.807, 2.05) is 12.1 Å². The minimum Gasteiger partial charge on any atom is -0.307 e. The Balaban J connectivity index is 1.93. The van der Waals surface area contributed by atoms with E-state index in [0.717, 1.165) is 10.9 Å². The molecule has 2 atom stereocenters. The quantitative estimate of drug-likeness (QED) is 0.827. The van der Waals surface area contributed by atoms with Crippen LogP contribution in [0.3, 0.4) is 0 Å². The zero-order valence-corrected chi connectivity index (χ0v) is 11.5. The van der Waals surface area contributed by atoms with Gasteiger partial charge in [-0.3, -0.25) is 0 Å². The van der Waals surface area contributed by atoms with Crippen LogP contribution in [-0.2, 0) is 0 Å². The number of benzene rings is 1. The van der Waals surface area contributed by atoms with Crippen LogP contribution in [0.5, 0.6) is 0 Å². The summed E-state index contributed by atoms with van der Waals surface area (Å²) >= 11 is 6.02. The molecule has 0 aromatic heterocycles. The monoisotopic (exact) mass is 251 g/mol. The maximum absolute atomic E-state index is 6.02. The third-order valence-corrected chi connectivity index (χ3v) is 4.20. The average molecular weight is 252 g/mol. The highest BCUT2D eigenvalue weighted by atomic mass is 35.5. The Morgan fingerprint density at radius 3 is 2.59 bits per heavy atom. The molecule has 2 heteroatoms. The van der Waals surface area contributed by atoms with Gasteiger partial charge in [-0.05, 0) is 50.3 Å². The van der Waals surface area contributed by atoms with Crippen molar-refractivity contribution in [2.45, 2.75) is 51.6 Å². The molecule has 1 aliphatic rings. The number of hydrogen-bond donors (Lipinski definition) is 1. The summed E-state index contributed by atoms with van der Waals surface area (Å²) in [4.78, 5) is 0. The van der Waals surface area contributed by atoms with E-state index in [2.05, 4.69) is 31.3 Å². The third-order valence-electron chi connectivity index (χ3n) is 3.97. The second kappa shape index (κ2) is 5.88. The molecule has 0 bridgehead atoms. The van der Waals surface area contributed by atoms with Crippen molar-refractivity contribution in [3.8, 4) is 0 Å². The van der Waals surface area contributed by atoms with Gasteiger partial charge in [0.05, 0.1) is 0 Å². The molecule has 94 valence electrons. The first-order valence-electron chi connectivity index (χ1n) is 6.68. The van der Waals surface area contributed by atoms with Crippen LogP contribution in [0.1, 0.15) is 51.1 Å². The molecule has 1 unspecified atom stereocenters. The lowest BCUT2D eigenvalue weighted by molar-refractivity contribution is 0.352. The van der Waals surface area contributed by atoms with E-state index in [1.165, 1.54) is 31.2 Å². The van der Waals surface area contributed by atoms with E-state index >= 15 is 0 Å². The number of rotatable bonds is 4. The van der Waals surface area contributed by atoms with Crippen LogP contribution in [0, 0.1) is 5.92 Å². The molecule has 0 heterocycles. The molecule has 1 fully saturated rings. The van der Waals surface area contributed by atoms with Gasteiger partial charge >= 0.3 is 0 Å². The van der Waals surface area contributed by atoms with Crippen molar-refractivity contribution >= 4 is 11.6 Å². The zero-order valence-electron chi connectivity index (χ0n) is 10.7.